The van der Waals surface area contributed by atoms with Gasteiger partial charge in [0.15, 0.2) is 0 Å². The highest BCUT2D eigenvalue weighted by molar-refractivity contribution is 5.77. The zero-order valence-electron chi connectivity index (χ0n) is 11.7. The first-order valence-electron chi connectivity index (χ1n) is 7.01. The summed E-state index contributed by atoms with van der Waals surface area (Å²) in [6, 6.07) is 2.10. The third-order valence-corrected chi connectivity index (χ3v) is 4.06. The van der Waals surface area contributed by atoms with Crippen LogP contribution in [0.1, 0.15) is 51.9 Å². The number of carbonyl (C=O) groups is 1. The van der Waals surface area contributed by atoms with Gasteiger partial charge in [-0.25, -0.2) is 0 Å². The Hall–Kier alpha value is -1.08. The third kappa shape index (κ3) is 3.99. The molecule has 1 rings (SSSR count). The fraction of sp³-hybridized carbons (Fsp3) is 0.857. The van der Waals surface area contributed by atoms with Crippen LogP contribution in [0.3, 0.4) is 0 Å². The zero-order chi connectivity index (χ0) is 13.4. The number of nitriles is 1. The SMILES string of the molecule is CCN(CCC#N)C(=O)CC1(NC)CCCCC1. The first-order valence-corrected chi connectivity index (χ1v) is 7.01. The van der Waals surface area contributed by atoms with E-state index in [0.29, 0.717) is 25.9 Å². The monoisotopic (exact) mass is 251 g/mol. The van der Waals surface area contributed by atoms with Crippen molar-refractivity contribution in [2.45, 2.75) is 57.4 Å². The summed E-state index contributed by atoms with van der Waals surface area (Å²) in [7, 11) is 1.96. The fourth-order valence-corrected chi connectivity index (χ4v) is 2.79. The first kappa shape index (κ1) is 15.0. The van der Waals surface area contributed by atoms with Crippen LogP contribution in [-0.2, 0) is 4.79 Å². The van der Waals surface area contributed by atoms with E-state index in [1.165, 1.54) is 19.3 Å². The van der Waals surface area contributed by atoms with Gasteiger partial charge >= 0.3 is 0 Å². The molecule has 0 saturated heterocycles. The van der Waals surface area contributed by atoms with Crippen LogP contribution in [-0.4, -0.2) is 36.5 Å². The lowest BCUT2D eigenvalue weighted by atomic mass is 9.79. The molecular weight excluding hydrogens is 226 g/mol. The van der Waals surface area contributed by atoms with E-state index in [0.717, 1.165) is 12.8 Å². The molecule has 4 nitrogen and oxygen atoms in total. The van der Waals surface area contributed by atoms with E-state index < -0.39 is 0 Å². The summed E-state index contributed by atoms with van der Waals surface area (Å²) in [5.41, 5.74) is -0.00457. The van der Waals surface area contributed by atoms with E-state index in [1.807, 2.05) is 14.0 Å². The van der Waals surface area contributed by atoms with Gasteiger partial charge in [-0.2, -0.15) is 5.26 Å². The van der Waals surface area contributed by atoms with Crippen molar-refractivity contribution >= 4 is 5.91 Å². The van der Waals surface area contributed by atoms with Crippen LogP contribution in [0.4, 0.5) is 0 Å². The van der Waals surface area contributed by atoms with Crippen LogP contribution >= 0.6 is 0 Å². The number of rotatable bonds is 6. The van der Waals surface area contributed by atoms with Crippen molar-refractivity contribution in [3.05, 3.63) is 0 Å². The van der Waals surface area contributed by atoms with E-state index in [1.54, 1.807) is 4.90 Å². The van der Waals surface area contributed by atoms with Gasteiger partial charge in [0, 0.05) is 25.0 Å². The van der Waals surface area contributed by atoms with Crippen LogP contribution in [0, 0.1) is 11.3 Å². The van der Waals surface area contributed by atoms with Gasteiger partial charge in [0.25, 0.3) is 0 Å². The van der Waals surface area contributed by atoms with Crippen molar-refractivity contribution in [1.82, 2.24) is 10.2 Å². The maximum Gasteiger partial charge on any atom is 0.224 e. The lowest BCUT2D eigenvalue weighted by Crippen LogP contribution is -2.49. The molecular formula is C14H25N3O. The smallest absolute Gasteiger partial charge is 0.224 e. The van der Waals surface area contributed by atoms with Gasteiger partial charge in [-0.15, -0.1) is 0 Å². The van der Waals surface area contributed by atoms with E-state index >= 15 is 0 Å². The van der Waals surface area contributed by atoms with Crippen LogP contribution in [0.5, 0.6) is 0 Å². The lowest BCUT2D eigenvalue weighted by molar-refractivity contribution is -0.132. The molecule has 0 aliphatic heterocycles. The Bertz CT molecular complexity index is 303. The molecule has 0 spiro atoms. The molecule has 1 fully saturated rings. The van der Waals surface area contributed by atoms with Crippen LogP contribution in [0.15, 0.2) is 0 Å². The predicted octanol–water partition coefficient (Wildman–Crippen LogP) is 2.06. The fourth-order valence-electron chi connectivity index (χ4n) is 2.79. The molecule has 0 aromatic rings. The molecule has 0 bridgehead atoms. The number of carbonyl (C=O) groups excluding carboxylic acids is 1. The highest BCUT2D eigenvalue weighted by Crippen LogP contribution is 2.31. The van der Waals surface area contributed by atoms with Gasteiger partial charge in [-0.05, 0) is 26.8 Å². The number of nitrogens with zero attached hydrogens (tertiary/aromatic N) is 2. The number of hydrogen-bond acceptors (Lipinski definition) is 3. The molecule has 0 atom stereocenters. The zero-order valence-corrected chi connectivity index (χ0v) is 11.7. The summed E-state index contributed by atoms with van der Waals surface area (Å²) in [6.07, 6.45) is 6.87. The van der Waals surface area contributed by atoms with Crippen molar-refractivity contribution in [3.63, 3.8) is 0 Å². The van der Waals surface area contributed by atoms with Crippen molar-refractivity contribution in [2.24, 2.45) is 0 Å². The van der Waals surface area contributed by atoms with Gasteiger partial charge < -0.3 is 10.2 Å². The third-order valence-electron chi connectivity index (χ3n) is 4.06. The minimum absolute atomic E-state index is 0.00457. The second-order valence-electron chi connectivity index (χ2n) is 5.15. The Morgan fingerprint density at radius 3 is 2.56 bits per heavy atom. The second kappa shape index (κ2) is 7.38. The second-order valence-corrected chi connectivity index (χ2v) is 5.15. The molecule has 0 aromatic carbocycles. The topological polar surface area (TPSA) is 56.1 Å². The average molecular weight is 251 g/mol. The van der Waals surface area contributed by atoms with E-state index in [2.05, 4.69) is 11.4 Å². The van der Waals surface area contributed by atoms with E-state index in [4.69, 9.17) is 5.26 Å². The molecule has 0 aromatic heterocycles. The van der Waals surface area contributed by atoms with E-state index in [-0.39, 0.29) is 11.4 Å². The normalized spacial score (nSPS) is 18.1. The molecule has 102 valence electrons. The quantitative estimate of drug-likeness (QED) is 0.786. The summed E-state index contributed by atoms with van der Waals surface area (Å²) in [6.45, 7) is 3.23. The van der Waals surface area contributed by atoms with Gasteiger partial charge in [0.2, 0.25) is 5.91 Å². The molecule has 0 heterocycles. The van der Waals surface area contributed by atoms with Gasteiger partial charge in [-0.3, -0.25) is 4.79 Å². The molecule has 1 aliphatic carbocycles. The maximum atomic E-state index is 12.3. The Balaban J connectivity index is 2.57. The van der Waals surface area contributed by atoms with Crippen molar-refractivity contribution in [1.29, 1.82) is 5.26 Å². The van der Waals surface area contributed by atoms with Crippen LogP contribution < -0.4 is 5.32 Å². The van der Waals surface area contributed by atoms with Crippen molar-refractivity contribution in [3.8, 4) is 6.07 Å². The van der Waals surface area contributed by atoms with Crippen molar-refractivity contribution in [2.75, 3.05) is 20.1 Å². The molecule has 0 unspecified atom stereocenters. The Morgan fingerprint density at radius 1 is 1.39 bits per heavy atom. The predicted molar refractivity (Wildman–Crippen MR) is 72.0 cm³/mol. The minimum Gasteiger partial charge on any atom is -0.342 e. The lowest BCUT2D eigenvalue weighted by Gasteiger charge is -2.38. The average Bonchev–Trinajstić information content (AvgIpc) is 2.40. The Kier molecular flexibility index (Phi) is 6.14. The summed E-state index contributed by atoms with van der Waals surface area (Å²) in [5, 5.41) is 12.0. The molecule has 1 amide bonds. The number of nitrogens with one attached hydrogen (secondary N) is 1. The van der Waals surface area contributed by atoms with E-state index in [9.17, 15) is 4.79 Å². The van der Waals surface area contributed by atoms with Gasteiger partial charge in [-0.1, -0.05) is 19.3 Å². The molecule has 1 N–H and O–H groups in total. The van der Waals surface area contributed by atoms with Crippen molar-refractivity contribution < 1.29 is 4.79 Å². The molecule has 1 saturated carbocycles. The summed E-state index contributed by atoms with van der Waals surface area (Å²) in [5.74, 6) is 0.184. The first-order chi connectivity index (χ1) is 8.67. The van der Waals surface area contributed by atoms with Crippen LogP contribution in [0.25, 0.3) is 0 Å². The highest BCUT2D eigenvalue weighted by atomic mass is 16.2. The summed E-state index contributed by atoms with van der Waals surface area (Å²) >= 11 is 0. The molecule has 18 heavy (non-hydrogen) atoms. The number of amides is 1. The minimum atomic E-state index is -0.00457. The number of hydrogen-bond donors (Lipinski definition) is 1. The summed E-state index contributed by atoms with van der Waals surface area (Å²) in [4.78, 5) is 14.1. The molecule has 1 aliphatic rings. The van der Waals surface area contributed by atoms with Crippen LogP contribution in [0.2, 0.25) is 0 Å². The molecule has 0 radical (unpaired) electrons. The molecule has 4 heteroatoms. The van der Waals surface area contributed by atoms with Gasteiger partial charge in [0.05, 0.1) is 12.5 Å². The highest BCUT2D eigenvalue weighted by Gasteiger charge is 2.33. The standard InChI is InChI=1S/C14H25N3O/c1-3-17(11-7-10-15)13(18)12-14(16-2)8-5-4-6-9-14/h16H,3-9,11-12H2,1-2H3. The maximum absolute atomic E-state index is 12.3. The largest absolute Gasteiger partial charge is 0.342 e. The Labute approximate surface area is 110 Å². The summed E-state index contributed by atoms with van der Waals surface area (Å²) < 4.78 is 0. The van der Waals surface area contributed by atoms with Gasteiger partial charge in [0.1, 0.15) is 0 Å². The Morgan fingerprint density at radius 2 is 2.06 bits per heavy atom.